The van der Waals surface area contributed by atoms with Crippen molar-refractivity contribution in [2.24, 2.45) is 5.10 Å². The Balaban J connectivity index is 1.97. The highest BCUT2D eigenvalue weighted by molar-refractivity contribution is 5.83. The Labute approximate surface area is 168 Å². The van der Waals surface area contributed by atoms with E-state index in [-0.39, 0.29) is 24.9 Å². The molecule has 0 unspecified atom stereocenters. The first kappa shape index (κ1) is 21.9. The molecular formula is C20H26N4O5. The number of hydrogen-bond donors (Lipinski definition) is 3. The number of amides is 1. The highest BCUT2D eigenvalue weighted by Gasteiger charge is 2.09. The Morgan fingerprint density at radius 3 is 2.66 bits per heavy atom. The first-order valence-corrected chi connectivity index (χ1v) is 9.37. The minimum atomic E-state index is -0.568. The maximum absolute atomic E-state index is 12.0. The SMILES string of the molecule is CCOc1cc(/C=N/NC(=O)CCc2c(C)[nH]c(=O)[nH]c2=O)ccc1OC(C)C. The quantitative estimate of drug-likeness (QED) is 0.434. The van der Waals surface area contributed by atoms with Gasteiger partial charge in [0.15, 0.2) is 11.5 Å². The summed E-state index contributed by atoms with van der Waals surface area (Å²) in [4.78, 5) is 39.6. The molecule has 1 heterocycles. The molecule has 2 aromatic rings. The number of rotatable bonds is 9. The summed E-state index contributed by atoms with van der Waals surface area (Å²) < 4.78 is 11.3. The maximum atomic E-state index is 12.0. The molecule has 29 heavy (non-hydrogen) atoms. The number of hydrazone groups is 1. The molecule has 0 radical (unpaired) electrons. The number of H-pyrrole nitrogens is 2. The van der Waals surface area contributed by atoms with E-state index in [0.717, 1.165) is 5.56 Å². The number of carbonyl (C=O) groups is 1. The zero-order chi connectivity index (χ0) is 21.4. The van der Waals surface area contributed by atoms with Crippen LogP contribution in [0.5, 0.6) is 11.5 Å². The highest BCUT2D eigenvalue weighted by atomic mass is 16.5. The molecule has 0 atom stereocenters. The fourth-order valence-corrected chi connectivity index (χ4v) is 2.62. The normalized spacial score (nSPS) is 11.1. The number of aromatic amines is 2. The summed E-state index contributed by atoms with van der Waals surface area (Å²) >= 11 is 0. The van der Waals surface area contributed by atoms with Gasteiger partial charge in [-0.25, -0.2) is 10.2 Å². The van der Waals surface area contributed by atoms with Gasteiger partial charge in [-0.3, -0.25) is 14.6 Å². The highest BCUT2D eigenvalue weighted by Crippen LogP contribution is 2.28. The van der Waals surface area contributed by atoms with Crippen LogP contribution in [-0.2, 0) is 11.2 Å². The number of benzene rings is 1. The van der Waals surface area contributed by atoms with E-state index in [1.807, 2.05) is 20.8 Å². The molecule has 2 rings (SSSR count). The summed E-state index contributed by atoms with van der Waals surface area (Å²) in [6.07, 6.45) is 1.76. The Bertz CT molecular complexity index is 991. The van der Waals surface area contributed by atoms with Gasteiger partial charge in [0, 0.05) is 17.7 Å². The summed E-state index contributed by atoms with van der Waals surface area (Å²) in [6, 6.07) is 5.37. The lowest BCUT2D eigenvalue weighted by molar-refractivity contribution is -0.121. The second-order valence-corrected chi connectivity index (χ2v) is 6.61. The zero-order valence-corrected chi connectivity index (χ0v) is 17.0. The molecule has 156 valence electrons. The molecule has 1 aromatic heterocycles. The van der Waals surface area contributed by atoms with E-state index < -0.39 is 11.2 Å². The first-order chi connectivity index (χ1) is 13.8. The van der Waals surface area contributed by atoms with Crippen molar-refractivity contribution in [3.63, 3.8) is 0 Å². The average molecular weight is 402 g/mol. The van der Waals surface area contributed by atoms with Crippen molar-refractivity contribution in [3.05, 3.63) is 55.9 Å². The van der Waals surface area contributed by atoms with Gasteiger partial charge in [-0.15, -0.1) is 0 Å². The second-order valence-electron chi connectivity index (χ2n) is 6.61. The third kappa shape index (κ3) is 6.63. The average Bonchev–Trinajstić information content (AvgIpc) is 2.62. The van der Waals surface area contributed by atoms with Gasteiger partial charge in [-0.2, -0.15) is 5.10 Å². The van der Waals surface area contributed by atoms with Crippen LogP contribution in [0.3, 0.4) is 0 Å². The van der Waals surface area contributed by atoms with Gasteiger partial charge < -0.3 is 14.5 Å². The largest absolute Gasteiger partial charge is 0.490 e. The van der Waals surface area contributed by atoms with Crippen molar-refractivity contribution >= 4 is 12.1 Å². The fourth-order valence-electron chi connectivity index (χ4n) is 2.62. The topological polar surface area (TPSA) is 126 Å². The van der Waals surface area contributed by atoms with Crippen LogP contribution >= 0.6 is 0 Å². The van der Waals surface area contributed by atoms with E-state index in [4.69, 9.17) is 9.47 Å². The van der Waals surface area contributed by atoms with Gasteiger partial charge in [0.2, 0.25) is 5.91 Å². The van der Waals surface area contributed by atoms with Crippen LogP contribution in [0.15, 0.2) is 32.9 Å². The van der Waals surface area contributed by atoms with Crippen LogP contribution in [0.2, 0.25) is 0 Å². The molecule has 0 bridgehead atoms. The smallest absolute Gasteiger partial charge is 0.325 e. The van der Waals surface area contributed by atoms with Crippen molar-refractivity contribution < 1.29 is 14.3 Å². The Kier molecular flexibility index (Phi) is 7.76. The van der Waals surface area contributed by atoms with E-state index >= 15 is 0 Å². The second kappa shape index (κ2) is 10.3. The number of hydrogen-bond acceptors (Lipinski definition) is 6. The van der Waals surface area contributed by atoms with E-state index in [9.17, 15) is 14.4 Å². The van der Waals surface area contributed by atoms with Crippen LogP contribution in [0.25, 0.3) is 0 Å². The van der Waals surface area contributed by atoms with Gasteiger partial charge in [0.25, 0.3) is 5.56 Å². The summed E-state index contributed by atoms with van der Waals surface area (Å²) in [5.74, 6) is 0.893. The monoisotopic (exact) mass is 402 g/mol. The zero-order valence-electron chi connectivity index (χ0n) is 17.0. The van der Waals surface area contributed by atoms with Crippen molar-refractivity contribution in [1.82, 2.24) is 15.4 Å². The Morgan fingerprint density at radius 1 is 1.24 bits per heavy atom. The van der Waals surface area contributed by atoms with Gasteiger partial charge in [-0.05, 0) is 57.9 Å². The predicted molar refractivity (Wildman–Crippen MR) is 110 cm³/mol. The number of carbonyl (C=O) groups excluding carboxylic acids is 1. The standard InChI is InChI=1S/C20H26N4O5/c1-5-28-17-10-14(6-8-16(17)29-12(2)3)11-21-24-18(25)9-7-15-13(4)22-20(27)23-19(15)26/h6,8,10-12H,5,7,9H2,1-4H3,(H,24,25)(H2,22,23,26,27)/b21-11+. The van der Waals surface area contributed by atoms with Crippen molar-refractivity contribution in [2.75, 3.05) is 6.61 Å². The van der Waals surface area contributed by atoms with Crippen LogP contribution in [0.4, 0.5) is 0 Å². The molecule has 0 saturated carbocycles. The first-order valence-electron chi connectivity index (χ1n) is 9.37. The van der Waals surface area contributed by atoms with E-state index in [0.29, 0.717) is 29.4 Å². The molecule has 0 aliphatic rings. The van der Waals surface area contributed by atoms with Crippen molar-refractivity contribution in [1.29, 1.82) is 0 Å². The minimum Gasteiger partial charge on any atom is -0.490 e. The molecule has 0 fully saturated rings. The third-order valence-electron chi connectivity index (χ3n) is 3.89. The molecule has 0 spiro atoms. The maximum Gasteiger partial charge on any atom is 0.325 e. The van der Waals surface area contributed by atoms with Crippen LogP contribution in [-0.4, -0.2) is 34.8 Å². The lowest BCUT2D eigenvalue weighted by Gasteiger charge is -2.14. The minimum absolute atomic E-state index is 0.0197. The summed E-state index contributed by atoms with van der Waals surface area (Å²) in [5, 5.41) is 3.94. The number of ether oxygens (including phenoxy) is 2. The molecular weight excluding hydrogens is 376 g/mol. The summed E-state index contributed by atoms with van der Waals surface area (Å²) in [6.45, 7) is 7.86. The Hall–Kier alpha value is -3.36. The fraction of sp³-hybridized carbons (Fsp3) is 0.400. The van der Waals surface area contributed by atoms with Gasteiger partial charge >= 0.3 is 5.69 Å². The summed E-state index contributed by atoms with van der Waals surface area (Å²) in [7, 11) is 0. The van der Waals surface area contributed by atoms with Crippen molar-refractivity contribution in [2.45, 2.75) is 46.6 Å². The number of nitrogens with one attached hydrogen (secondary N) is 3. The van der Waals surface area contributed by atoms with Crippen LogP contribution in [0.1, 0.15) is 44.0 Å². The molecule has 9 heteroatoms. The van der Waals surface area contributed by atoms with E-state index in [1.165, 1.54) is 6.21 Å². The molecule has 3 N–H and O–H groups in total. The molecule has 0 aliphatic heterocycles. The molecule has 0 saturated heterocycles. The molecule has 9 nitrogen and oxygen atoms in total. The predicted octanol–water partition coefficient (Wildman–Crippen LogP) is 1.64. The van der Waals surface area contributed by atoms with Gasteiger partial charge in [0.1, 0.15) is 0 Å². The molecule has 1 aromatic carbocycles. The third-order valence-corrected chi connectivity index (χ3v) is 3.89. The number of nitrogens with zero attached hydrogens (tertiary/aromatic N) is 1. The van der Waals surface area contributed by atoms with E-state index in [2.05, 4.69) is 20.5 Å². The number of aromatic nitrogens is 2. The van der Waals surface area contributed by atoms with E-state index in [1.54, 1.807) is 25.1 Å². The summed E-state index contributed by atoms with van der Waals surface area (Å²) in [5.41, 5.74) is 2.91. The van der Waals surface area contributed by atoms with Gasteiger partial charge in [0.05, 0.1) is 18.9 Å². The Morgan fingerprint density at radius 2 is 2.00 bits per heavy atom. The van der Waals surface area contributed by atoms with Crippen LogP contribution in [0, 0.1) is 6.92 Å². The molecule has 1 amide bonds. The molecule has 0 aliphatic carbocycles. The lowest BCUT2D eigenvalue weighted by Crippen LogP contribution is -2.28. The lowest BCUT2D eigenvalue weighted by atomic mass is 10.1. The van der Waals surface area contributed by atoms with Gasteiger partial charge in [-0.1, -0.05) is 0 Å². The number of aryl methyl sites for hydroxylation is 1. The van der Waals surface area contributed by atoms with Crippen LogP contribution < -0.4 is 26.1 Å². The van der Waals surface area contributed by atoms with Crippen molar-refractivity contribution in [3.8, 4) is 11.5 Å².